The van der Waals surface area contributed by atoms with Crippen LogP contribution in [0.2, 0.25) is 0 Å². The smallest absolute Gasteiger partial charge is 0.243 e. The topological polar surface area (TPSA) is 46.6 Å². The maximum absolute atomic E-state index is 12.7. The van der Waals surface area contributed by atoms with Gasteiger partial charge in [0.15, 0.2) is 0 Å². The number of aryl methyl sites for hydroxylation is 1. The van der Waals surface area contributed by atoms with Gasteiger partial charge in [0.2, 0.25) is 10.0 Å². The Hall–Kier alpha value is -1.07. The lowest BCUT2D eigenvalue weighted by Crippen LogP contribution is -2.42. The first-order chi connectivity index (χ1) is 9.34. The van der Waals surface area contributed by atoms with E-state index in [1.165, 1.54) is 0 Å². The van der Waals surface area contributed by atoms with Crippen LogP contribution in [0.5, 0.6) is 5.75 Å². The van der Waals surface area contributed by atoms with Gasteiger partial charge in [-0.3, -0.25) is 0 Å². The van der Waals surface area contributed by atoms with Gasteiger partial charge in [-0.2, -0.15) is 4.31 Å². The molecule has 2 atom stereocenters. The van der Waals surface area contributed by atoms with Crippen LogP contribution in [0, 0.1) is 18.8 Å². The third-order valence-corrected chi connectivity index (χ3v) is 5.67. The third kappa shape index (κ3) is 2.99. The maximum Gasteiger partial charge on any atom is 0.243 e. The molecular formula is C15H23NO3S. The molecule has 112 valence electrons. The van der Waals surface area contributed by atoms with Crippen LogP contribution >= 0.6 is 0 Å². The lowest BCUT2D eigenvalue weighted by Gasteiger charge is -2.34. The number of hydrogen-bond acceptors (Lipinski definition) is 3. The van der Waals surface area contributed by atoms with Crippen molar-refractivity contribution >= 4 is 10.0 Å². The monoisotopic (exact) mass is 297 g/mol. The second-order valence-electron chi connectivity index (χ2n) is 5.90. The number of ether oxygens (including phenoxy) is 1. The van der Waals surface area contributed by atoms with Crippen LogP contribution in [0.15, 0.2) is 23.1 Å². The van der Waals surface area contributed by atoms with Crippen molar-refractivity contribution in [1.82, 2.24) is 4.31 Å². The van der Waals surface area contributed by atoms with Crippen molar-refractivity contribution in [2.75, 3.05) is 20.2 Å². The maximum atomic E-state index is 12.7. The molecule has 0 N–H and O–H groups in total. The van der Waals surface area contributed by atoms with Crippen molar-refractivity contribution in [3.8, 4) is 5.75 Å². The van der Waals surface area contributed by atoms with Crippen LogP contribution < -0.4 is 4.74 Å². The summed E-state index contributed by atoms with van der Waals surface area (Å²) in [6.07, 6.45) is 1.09. The number of piperidine rings is 1. The molecule has 4 nitrogen and oxygen atoms in total. The molecule has 2 rings (SSSR count). The molecule has 1 saturated heterocycles. The highest BCUT2D eigenvalue weighted by atomic mass is 32.2. The van der Waals surface area contributed by atoms with Crippen molar-refractivity contribution in [2.45, 2.75) is 32.1 Å². The van der Waals surface area contributed by atoms with Crippen LogP contribution in [0.1, 0.15) is 25.8 Å². The van der Waals surface area contributed by atoms with Crippen LogP contribution in [0.25, 0.3) is 0 Å². The molecule has 5 heteroatoms. The Bertz CT molecular complexity index is 573. The molecule has 1 aliphatic rings. The molecule has 1 aromatic rings. The normalized spacial score (nSPS) is 24.6. The molecule has 0 aromatic heterocycles. The first kappa shape index (κ1) is 15.3. The van der Waals surface area contributed by atoms with Crippen molar-refractivity contribution in [2.24, 2.45) is 11.8 Å². The Morgan fingerprint density at radius 2 is 1.80 bits per heavy atom. The summed E-state index contributed by atoms with van der Waals surface area (Å²) in [5, 5.41) is 0. The van der Waals surface area contributed by atoms with Gasteiger partial charge in [-0.15, -0.1) is 0 Å². The predicted molar refractivity (Wildman–Crippen MR) is 79.4 cm³/mol. The summed E-state index contributed by atoms with van der Waals surface area (Å²) < 4.78 is 32.2. The molecule has 0 amide bonds. The second-order valence-corrected chi connectivity index (χ2v) is 7.84. The van der Waals surface area contributed by atoms with Gasteiger partial charge >= 0.3 is 0 Å². The van der Waals surface area contributed by atoms with E-state index in [9.17, 15) is 8.42 Å². The molecule has 1 heterocycles. The number of nitrogens with zero attached hydrogens (tertiary/aromatic N) is 1. The highest BCUT2D eigenvalue weighted by Crippen LogP contribution is 2.28. The molecule has 0 unspecified atom stereocenters. The van der Waals surface area contributed by atoms with Gasteiger partial charge in [0.1, 0.15) is 5.75 Å². The molecule has 1 fully saturated rings. The number of sulfonamides is 1. The zero-order chi connectivity index (χ0) is 14.9. The third-order valence-electron chi connectivity index (χ3n) is 3.84. The zero-order valence-corrected chi connectivity index (χ0v) is 13.4. The Kier molecular flexibility index (Phi) is 4.39. The van der Waals surface area contributed by atoms with Gasteiger partial charge in [-0.05, 0) is 48.9 Å². The Balaban J connectivity index is 2.32. The number of rotatable bonds is 3. The minimum absolute atomic E-state index is 0.358. The van der Waals surface area contributed by atoms with E-state index >= 15 is 0 Å². The number of hydrogen-bond donors (Lipinski definition) is 0. The Labute approximate surface area is 121 Å². The van der Waals surface area contributed by atoms with Gasteiger partial charge in [0, 0.05) is 13.1 Å². The first-order valence-corrected chi connectivity index (χ1v) is 8.43. The molecular weight excluding hydrogens is 274 g/mol. The van der Waals surface area contributed by atoms with E-state index in [-0.39, 0.29) is 0 Å². The average molecular weight is 297 g/mol. The van der Waals surface area contributed by atoms with Crippen LogP contribution in [0.4, 0.5) is 0 Å². The van der Waals surface area contributed by atoms with Crippen LogP contribution in [0.3, 0.4) is 0 Å². The van der Waals surface area contributed by atoms with E-state index in [4.69, 9.17) is 4.74 Å². The van der Waals surface area contributed by atoms with Crippen molar-refractivity contribution < 1.29 is 13.2 Å². The average Bonchev–Trinajstić information content (AvgIpc) is 2.37. The van der Waals surface area contributed by atoms with Gasteiger partial charge in [-0.25, -0.2) is 8.42 Å². The molecule has 20 heavy (non-hydrogen) atoms. The van der Waals surface area contributed by atoms with E-state index in [1.807, 2.05) is 6.92 Å². The largest absolute Gasteiger partial charge is 0.496 e. The second kappa shape index (κ2) is 5.74. The summed E-state index contributed by atoms with van der Waals surface area (Å²) >= 11 is 0. The van der Waals surface area contributed by atoms with E-state index in [1.54, 1.807) is 29.6 Å². The van der Waals surface area contributed by atoms with Crippen LogP contribution in [-0.4, -0.2) is 32.9 Å². The van der Waals surface area contributed by atoms with E-state index in [0.717, 1.165) is 12.0 Å². The predicted octanol–water partition coefficient (Wildman–Crippen LogP) is 2.67. The minimum Gasteiger partial charge on any atom is -0.496 e. The highest BCUT2D eigenvalue weighted by Gasteiger charge is 2.31. The summed E-state index contributed by atoms with van der Waals surface area (Å²) in [4.78, 5) is 0.358. The standard InChI is InChI=1S/C15H23NO3S/c1-11-7-12(2)10-16(9-11)20(17,18)14-5-6-15(19-4)13(3)8-14/h5-6,8,11-12H,7,9-10H2,1-4H3/t11-,12-/m0/s1. The molecule has 0 bridgehead atoms. The molecule has 0 spiro atoms. The van der Waals surface area contributed by atoms with Gasteiger partial charge in [0.25, 0.3) is 0 Å². The van der Waals surface area contributed by atoms with E-state index in [0.29, 0.717) is 35.6 Å². The summed E-state index contributed by atoms with van der Waals surface area (Å²) in [5.41, 5.74) is 0.840. The number of benzene rings is 1. The van der Waals surface area contributed by atoms with Gasteiger partial charge in [0.05, 0.1) is 12.0 Å². The summed E-state index contributed by atoms with van der Waals surface area (Å²) in [6.45, 7) is 7.30. The first-order valence-electron chi connectivity index (χ1n) is 6.99. The van der Waals surface area contributed by atoms with Crippen molar-refractivity contribution in [1.29, 1.82) is 0 Å². The van der Waals surface area contributed by atoms with Crippen molar-refractivity contribution in [3.63, 3.8) is 0 Å². The Morgan fingerprint density at radius 3 is 2.30 bits per heavy atom. The van der Waals surface area contributed by atoms with E-state index < -0.39 is 10.0 Å². The fourth-order valence-electron chi connectivity index (χ4n) is 2.96. The van der Waals surface area contributed by atoms with Gasteiger partial charge < -0.3 is 4.74 Å². The molecule has 1 aliphatic heterocycles. The van der Waals surface area contributed by atoms with Gasteiger partial charge in [-0.1, -0.05) is 13.8 Å². The SMILES string of the molecule is COc1ccc(S(=O)(=O)N2C[C@@H](C)C[C@H](C)C2)cc1C. The summed E-state index contributed by atoms with van der Waals surface area (Å²) in [5.74, 6) is 1.53. The molecule has 0 saturated carbocycles. The molecule has 0 aliphatic carbocycles. The summed E-state index contributed by atoms with van der Waals surface area (Å²) in [7, 11) is -1.81. The summed E-state index contributed by atoms with van der Waals surface area (Å²) in [6, 6.07) is 5.04. The highest BCUT2D eigenvalue weighted by molar-refractivity contribution is 7.89. The fraction of sp³-hybridized carbons (Fsp3) is 0.600. The lowest BCUT2D eigenvalue weighted by molar-refractivity contribution is 0.222. The number of methoxy groups -OCH3 is 1. The zero-order valence-electron chi connectivity index (χ0n) is 12.6. The fourth-order valence-corrected chi connectivity index (χ4v) is 4.73. The van der Waals surface area contributed by atoms with E-state index in [2.05, 4.69) is 13.8 Å². The Morgan fingerprint density at radius 1 is 1.20 bits per heavy atom. The lowest BCUT2D eigenvalue weighted by atomic mass is 9.94. The van der Waals surface area contributed by atoms with Crippen molar-refractivity contribution in [3.05, 3.63) is 23.8 Å². The quantitative estimate of drug-likeness (QED) is 0.861. The van der Waals surface area contributed by atoms with Crippen LogP contribution in [-0.2, 0) is 10.0 Å². The molecule has 1 aromatic carbocycles. The minimum atomic E-state index is -3.40. The molecule has 0 radical (unpaired) electrons.